The van der Waals surface area contributed by atoms with E-state index in [1.165, 1.54) is 7.11 Å². The summed E-state index contributed by atoms with van der Waals surface area (Å²) in [5, 5.41) is 9.47. The molecule has 0 aliphatic carbocycles. The lowest BCUT2D eigenvalue weighted by Gasteiger charge is -2.23. The number of hydroxylamine groups is 1. The number of amides is 3. The minimum absolute atomic E-state index is 0.0918. The molecule has 3 aromatic rings. The second-order valence-electron chi connectivity index (χ2n) is 7.85. The fourth-order valence-electron chi connectivity index (χ4n) is 4.17. The summed E-state index contributed by atoms with van der Waals surface area (Å²) in [4.78, 5) is 53.9. The van der Waals surface area contributed by atoms with E-state index in [4.69, 9.17) is 9.94 Å². The van der Waals surface area contributed by atoms with Gasteiger partial charge in [-0.3, -0.25) is 24.5 Å². The molecule has 0 saturated carbocycles. The van der Waals surface area contributed by atoms with Crippen molar-refractivity contribution in [2.75, 3.05) is 7.11 Å². The fraction of sp³-hybridized carbons (Fsp3) is 0.250. The third kappa shape index (κ3) is 4.22. The fourth-order valence-corrected chi connectivity index (χ4v) is 4.17. The van der Waals surface area contributed by atoms with Crippen LogP contribution in [0.3, 0.4) is 0 Å². The number of carbonyl (C=O) groups excluding carboxylic acids is 4. The molecule has 3 N–H and O–H groups in total. The highest BCUT2D eigenvalue weighted by Gasteiger charge is 2.43. The van der Waals surface area contributed by atoms with Gasteiger partial charge in [-0.1, -0.05) is 18.2 Å². The van der Waals surface area contributed by atoms with Crippen LogP contribution in [-0.2, 0) is 27.2 Å². The third-order valence-corrected chi connectivity index (χ3v) is 5.85. The molecule has 4 rings (SSSR count). The normalized spacial score (nSPS) is 13.8. The lowest BCUT2D eigenvalue weighted by molar-refractivity contribution is -0.145. The first-order valence-electron chi connectivity index (χ1n) is 10.5. The molecule has 2 heterocycles. The number of methoxy groups -OCH3 is 1. The topological polar surface area (TPSA) is 129 Å². The number of nitrogens with zero attached hydrogens (tertiary/aromatic N) is 1. The average Bonchev–Trinajstić information content (AvgIpc) is 3.35. The first-order valence-corrected chi connectivity index (χ1v) is 10.5. The number of hydrogen-bond acceptors (Lipinski definition) is 6. The molecule has 1 unspecified atom stereocenters. The minimum atomic E-state index is -1.11. The summed E-state index contributed by atoms with van der Waals surface area (Å²) in [6.45, 7) is 0. The number of aryl methyl sites for hydroxylation is 1. The van der Waals surface area contributed by atoms with E-state index in [0.717, 1.165) is 26.9 Å². The van der Waals surface area contributed by atoms with E-state index in [9.17, 15) is 19.2 Å². The molecule has 9 nitrogen and oxygen atoms in total. The molecule has 9 heteroatoms. The van der Waals surface area contributed by atoms with Crippen molar-refractivity contribution >= 4 is 34.6 Å². The Morgan fingerprint density at radius 1 is 1.12 bits per heavy atom. The molecule has 1 atom stereocenters. The Kier molecular flexibility index (Phi) is 6.23. The van der Waals surface area contributed by atoms with Gasteiger partial charge in [0.1, 0.15) is 6.04 Å². The van der Waals surface area contributed by atoms with Crippen LogP contribution in [0.15, 0.2) is 48.7 Å². The Balaban J connectivity index is 1.61. The van der Waals surface area contributed by atoms with Crippen LogP contribution in [0, 0.1) is 0 Å². The van der Waals surface area contributed by atoms with Crippen LogP contribution in [0.1, 0.15) is 44.7 Å². The van der Waals surface area contributed by atoms with Gasteiger partial charge in [-0.2, -0.15) is 0 Å². The summed E-state index contributed by atoms with van der Waals surface area (Å²) in [5.41, 5.74) is 4.73. The van der Waals surface area contributed by atoms with Gasteiger partial charge in [0.2, 0.25) is 5.91 Å². The van der Waals surface area contributed by atoms with Gasteiger partial charge in [-0.05, 0) is 48.2 Å². The zero-order valence-corrected chi connectivity index (χ0v) is 18.0. The monoisotopic (exact) mass is 449 g/mol. The molecule has 0 saturated heterocycles. The number of nitrogens with one attached hydrogen (secondary N) is 2. The summed E-state index contributed by atoms with van der Waals surface area (Å²) in [6, 6.07) is 11.2. The van der Waals surface area contributed by atoms with Crippen molar-refractivity contribution in [3.8, 4) is 0 Å². The van der Waals surface area contributed by atoms with E-state index in [2.05, 4.69) is 4.98 Å². The summed E-state index contributed by atoms with van der Waals surface area (Å²) in [5.74, 6) is -2.16. The largest absolute Gasteiger partial charge is 0.467 e. The van der Waals surface area contributed by atoms with Crippen molar-refractivity contribution in [2.45, 2.75) is 31.7 Å². The zero-order valence-electron chi connectivity index (χ0n) is 18.0. The van der Waals surface area contributed by atoms with Gasteiger partial charge in [-0.15, -0.1) is 0 Å². The molecule has 0 spiro atoms. The number of aromatic nitrogens is 1. The Morgan fingerprint density at radius 3 is 2.45 bits per heavy atom. The van der Waals surface area contributed by atoms with Gasteiger partial charge in [0.25, 0.3) is 11.8 Å². The van der Waals surface area contributed by atoms with Crippen LogP contribution in [0.4, 0.5) is 0 Å². The maximum absolute atomic E-state index is 13.0. The number of carbonyl (C=O) groups is 4. The molecule has 3 amide bonds. The van der Waals surface area contributed by atoms with E-state index in [1.807, 2.05) is 18.2 Å². The third-order valence-electron chi connectivity index (χ3n) is 5.85. The number of imide groups is 1. The predicted octanol–water partition coefficient (Wildman–Crippen LogP) is 2.38. The van der Waals surface area contributed by atoms with E-state index < -0.39 is 29.7 Å². The second-order valence-corrected chi connectivity index (χ2v) is 7.85. The molecule has 0 radical (unpaired) electrons. The number of esters is 1. The Labute approximate surface area is 189 Å². The van der Waals surface area contributed by atoms with Gasteiger partial charge in [0.05, 0.1) is 18.2 Å². The van der Waals surface area contributed by atoms with Gasteiger partial charge in [0.15, 0.2) is 0 Å². The van der Waals surface area contributed by atoms with Crippen molar-refractivity contribution in [1.82, 2.24) is 15.4 Å². The highest BCUT2D eigenvalue weighted by Crippen LogP contribution is 2.28. The average molecular weight is 449 g/mol. The standard InChI is InChI=1S/C24H23N3O6/c1-33-24(31)20(27-22(29)16-6-2-3-7-17(16)23(27)30)12-15-13-25-19-10-9-14(11-18(15)19)5-4-8-21(28)26-32/h2-3,6-7,9-11,13,20,25,32H,4-5,8,12H2,1H3,(H,26,28). The lowest BCUT2D eigenvalue weighted by Crippen LogP contribution is -2.46. The van der Waals surface area contributed by atoms with Crippen LogP contribution in [0.2, 0.25) is 0 Å². The van der Waals surface area contributed by atoms with Gasteiger partial charge in [0, 0.05) is 29.9 Å². The number of benzene rings is 2. The predicted molar refractivity (Wildman–Crippen MR) is 118 cm³/mol. The zero-order chi connectivity index (χ0) is 23.5. The van der Waals surface area contributed by atoms with Crippen LogP contribution in [-0.4, -0.2) is 51.9 Å². The number of hydrogen-bond donors (Lipinski definition) is 3. The first kappa shape index (κ1) is 22.2. The Bertz CT molecular complexity index is 1210. The van der Waals surface area contributed by atoms with Crippen molar-refractivity contribution in [2.24, 2.45) is 0 Å². The van der Waals surface area contributed by atoms with Crippen LogP contribution < -0.4 is 5.48 Å². The van der Waals surface area contributed by atoms with Crippen molar-refractivity contribution in [1.29, 1.82) is 0 Å². The maximum atomic E-state index is 13.0. The lowest BCUT2D eigenvalue weighted by atomic mass is 10.0. The minimum Gasteiger partial charge on any atom is -0.467 e. The van der Waals surface area contributed by atoms with Gasteiger partial charge in [-0.25, -0.2) is 10.3 Å². The summed E-state index contributed by atoms with van der Waals surface area (Å²) >= 11 is 0. The number of rotatable bonds is 8. The summed E-state index contributed by atoms with van der Waals surface area (Å²) in [7, 11) is 1.23. The highest BCUT2D eigenvalue weighted by molar-refractivity contribution is 6.22. The van der Waals surface area contributed by atoms with E-state index in [0.29, 0.717) is 12.8 Å². The van der Waals surface area contributed by atoms with Crippen molar-refractivity contribution in [3.63, 3.8) is 0 Å². The van der Waals surface area contributed by atoms with Crippen molar-refractivity contribution in [3.05, 3.63) is 70.9 Å². The smallest absolute Gasteiger partial charge is 0.329 e. The van der Waals surface area contributed by atoms with Crippen LogP contribution in [0.5, 0.6) is 0 Å². The molecule has 0 fully saturated rings. The molecule has 170 valence electrons. The van der Waals surface area contributed by atoms with Crippen LogP contribution >= 0.6 is 0 Å². The highest BCUT2D eigenvalue weighted by atomic mass is 16.5. The number of aromatic amines is 1. The van der Waals surface area contributed by atoms with E-state index >= 15 is 0 Å². The molecular weight excluding hydrogens is 426 g/mol. The quantitative estimate of drug-likeness (QED) is 0.210. The summed E-state index contributed by atoms with van der Waals surface area (Å²) < 4.78 is 4.94. The number of ether oxygens (including phenoxy) is 1. The van der Waals surface area contributed by atoms with Gasteiger partial charge < -0.3 is 9.72 Å². The van der Waals surface area contributed by atoms with E-state index in [-0.39, 0.29) is 24.0 Å². The maximum Gasteiger partial charge on any atom is 0.329 e. The number of fused-ring (bicyclic) bond motifs is 2. The van der Waals surface area contributed by atoms with Gasteiger partial charge >= 0.3 is 5.97 Å². The second kappa shape index (κ2) is 9.25. The molecule has 33 heavy (non-hydrogen) atoms. The van der Waals surface area contributed by atoms with Crippen molar-refractivity contribution < 1.29 is 29.1 Å². The molecule has 0 bridgehead atoms. The number of H-pyrrole nitrogens is 1. The van der Waals surface area contributed by atoms with E-state index in [1.54, 1.807) is 35.9 Å². The van der Waals surface area contributed by atoms with Crippen LogP contribution in [0.25, 0.3) is 10.9 Å². The Hall–Kier alpha value is -3.98. The molecule has 1 aliphatic rings. The Morgan fingerprint density at radius 2 is 1.82 bits per heavy atom. The molecular formula is C24H23N3O6. The summed E-state index contributed by atoms with van der Waals surface area (Å²) in [6.07, 6.45) is 3.21. The molecule has 2 aromatic carbocycles. The molecule has 1 aliphatic heterocycles. The SMILES string of the molecule is COC(=O)C(Cc1c[nH]c2ccc(CCCC(=O)NO)cc12)N1C(=O)c2ccccc2C1=O. The first-order chi connectivity index (χ1) is 15.9. The molecule has 1 aromatic heterocycles.